The molecule has 1 aromatic heterocycles. The molecule has 4 heteroatoms. The zero-order valence-corrected chi connectivity index (χ0v) is 8.85. The minimum atomic E-state index is -0.571. The molecule has 2 N–H and O–H groups in total. The molecule has 2 rings (SSSR count). The monoisotopic (exact) mass is 208 g/mol. The summed E-state index contributed by atoms with van der Waals surface area (Å²) in [5, 5.41) is 0. The second kappa shape index (κ2) is 4.26. The number of ether oxygens (including phenoxy) is 2. The van der Waals surface area contributed by atoms with Crippen molar-refractivity contribution in [2.75, 3.05) is 13.2 Å². The number of hydrogen-bond donors (Lipinski definition) is 1. The topological polar surface area (TPSA) is 57.4 Å². The smallest absolute Gasteiger partial charge is 0.171 e. The molecule has 1 saturated heterocycles. The largest absolute Gasteiger partial charge is 0.347 e. The van der Waals surface area contributed by atoms with E-state index in [1.54, 1.807) is 6.20 Å². The molecule has 0 radical (unpaired) electrons. The Hall–Kier alpha value is -0.970. The Kier molecular flexibility index (Phi) is 3.00. The number of nitrogens with zero attached hydrogens (tertiary/aromatic N) is 1. The van der Waals surface area contributed by atoms with Gasteiger partial charge in [0.05, 0.1) is 12.7 Å². The van der Waals surface area contributed by atoms with Gasteiger partial charge in [-0.25, -0.2) is 0 Å². The third kappa shape index (κ3) is 2.53. The van der Waals surface area contributed by atoms with Crippen LogP contribution in [0, 0.1) is 0 Å². The lowest BCUT2D eigenvalue weighted by Gasteiger charge is -2.22. The van der Waals surface area contributed by atoms with E-state index in [0.29, 0.717) is 19.6 Å². The second-order valence-electron chi connectivity index (χ2n) is 3.92. The summed E-state index contributed by atoms with van der Waals surface area (Å²) in [5.41, 5.74) is 6.50. The summed E-state index contributed by atoms with van der Waals surface area (Å²) in [7, 11) is 0. The van der Waals surface area contributed by atoms with Gasteiger partial charge in [0, 0.05) is 24.9 Å². The fourth-order valence-corrected chi connectivity index (χ4v) is 1.73. The van der Waals surface area contributed by atoms with E-state index in [-0.39, 0.29) is 6.10 Å². The highest BCUT2D eigenvalue weighted by Gasteiger charge is 2.36. The predicted molar refractivity (Wildman–Crippen MR) is 56.2 cm³/mol. The molecule has 15 heavy (non-hydrogen) atoms. The summed E-state index contributed by atoms with van der Waals surface area (Å²) < 4.78 is 11.3. The molecule has 2 heterocycles. The van der Waals surface area contributed by atoms with E-state index in [2.05, 4.69) is 4.98 Å². The first-order valence-electron chi connectivity index (χ1n) is 5.13. The van der Waals surface area contributed by atoms with Gasteiger partial charge in [0.2, 0.25) is 0 Å². The Labute approximate surface area is 89.4 Å². The van der Waals surface area contributed by atoms with Gasteiger partial charge in [-0.05, 0) is 19.1 Å². The molecule has 2 unspecified atom stereocenters. The lowest BCUT2D eigenvalue weighted by atomic mass is 10.1. The van der Waals surface area contributed by atoms with Gasteiger partial charge < -0.3 is 15.2 Å². The quantitative estimate of drug-likeness (QED) is 0.795. The lowest BCUT2D eigenvalue weighted by Crippen LogP contribution is -2.31. The first kappa shape index (κ1) is 10.5. The van der Waals surface area contributed by atoms with Crippen LogP contribution in [0.5, 0.6) is 0 Å². The van der Waals surface area contributed by atoms with Crippen LogP contribution in [0.3, 0.4) is 0 Å². The van der Waals surface area contributed by atoms with E-state index >= 15 is 0 Å². The number of nitrogens with two attached hydrogens (primary N) is 1. The third-order valence-corrected chi connectivity index (χ3v) is 2.48. The highest BCUT2D eigenvalue weighted by molar-refractivity contribution is 5.06. The summed E-state index contributed by atoms with van der Waals surface area (Å²) in [6.45, 7) is 3.00. The van der Waals surface area contributed by atoms with Crippen molar-refractivity contribution < 1.29 is 9.47 Å². The molecule has 2 atom stereocenters. The predicted octanol–water partition coefficient (Wildman–Crippen LogP) is 0.714. The van der Waals surface area contributed by atoms with Crippen molar-refractivity contribution in [1.29, 1.82) is 0 Å². The van der Waals surface area contributed by atoms with Crippen LogP contribution < -0.4 is 5.73 Å². The molecule has 1 aliphatic heterocycles. The van der Waals surface area contributed by atoms with Gasteiger partial charge in [0.25, 0.3) is 0 Å². The molecule has 82 valence electrons. The van der Waals surface area contributed by atoms with Crippen molar-refractivity contribution in [1.82, 2.24) is 4.98 Å². The molecule has 0 bridgehead atoms. The molecule has 0 aliphatic carbocycles. The summed E-state index contributed by atoms with van der Waals surface area (Å²) in [6, 6.07) is 5.82. The van der Waals surface area contributed by atoms with Crippen LogP contribution in [-0.2, 0) is 15.9 Å². The Morgan fingerprint density at radius 3 is 3.07 bits per heavy atom. The van der Waals surface area contributed by atoms with Crippen LogP contribution in [0.25, 0.3) is 0 Å². The Morgan fingerprint density at radius 1 is 1.60 bits per heavy atom. The second-order valence-corrected chi connectivity index (χ2v) is 3.92. The molecule has 0 amide bonds. The molecular formula is C11H16N2O2. The van der Waals surface area contributed by atoms with E-state index < -0.39 is 5.79 Å². The molecular weight excluding hydrogens is 192 g/mol. The van der Waals surface area contributed by atoms with Gasteiger partial charge in [-0.15, -0.1) is 0 Å². The minimum absolute atomic E-state index is 0.0127. The maximum atomic E-state index is 5.71. The third-order valence-electron chi connectivity index (χ3n) is 2.48. The molecule has 1 aliphatic rings. The maximum Gasteiger partial charge on any atom is 0.171 e. The average molecular weight is 208 g/mol. The zero-order chi connectivity index (χ0) is 10.7. The van der Waals surface area contributed by atoms with Crippen molar-refractivity contribution in [3.05, 3.63) is 30.1 Å². The molecule has 0 spiro atoms. The van der Waals surface area contributed by atoms with Crippen LogP contribution in [0.2, 0.25) is 0 Å². The zero-order valence-electron chi connectivity index (χ0n) is 8.85. The number of pyridine rings is 1. The van der Waals surface area contributed by atoms with Crippen LogP contribution in [0.15, 0.2) is 24.4 Å². The lowest BCUT2D eigenvalue weighted by molar-refractivity contribution is -0.151. The standard InChI is InChI=1S/C11H16N2O2/c1-11(14-8-10(7-12)15-11)6-9-4-2-3-5-13-9/h2-5,10H,6-8,12H2,1H3. The Bertz CT molecular complexity index is 318. The molecule has 1 fully saturated rings. The SMILES string of the molecule is CC1(Cc2ccccn2)OCC(CN)O1. The van der Waals surface area contributed by atoms with E-state index in [4.69, 9.17) is 15.2 Å². The summed E-state index contributed by atoms with van der Waals surface area (Å²) in [4.78, 5) is 4.25. The summed E-state index contributed by atoms with van der Waals surface area (Å²) in [5.74, 6) is -0.571. The fourth-order valence-electron chi connectivity index (χ4n) is 1.73. The average Bonchev–Trinajstić information content (AvgIpc) is 2.61. The maximum absolute atomic E-state index is 5.71. The van der Waals surface area contributed by atoms with Crippen LogP contribution in [-0.4, -0.2) is 30.0 Å². The van der Waals surface area contributed by atoms with Crippen molar-refractivity contribution in [2.45, 2.75) is 25.2 Å². The highest BCUT2D eigenvalue weighted by atomic mass is 16.7. The van der Waals surface area contributed by atoms with E-state index in [0.717, 1.165) is 5.69 Å². The van der Waals surface area contributed by atoms with Crippen LogP contribution >= 0.6 is 0 Å². The Morgan fingerprint density at radius 2 is 2.47 bits per heavy atom. The van der Waals surface area contributed by atoms with Crippen LogP contribution in [0.4, 0.5) is 0 Å². The molecule has 1 aromatic rings. The van der Waals surface area contributed by atoms with Crippen molar-refractivity contribution in [2.24, 2.45) is 5.73 Å². The molecule has 4 nitrogen and oxygen atoms in total. The fraction of sp³-hybridized carbons (Fsp3) is 0.545. The first-order chi connectivity index (χ1) is 7.22. The highest BCUT2D eigenvalue weighted by Crippen LogP contribution is 2.26. The number of hydrogen-bond acceptors (Lipinski definition) is 4. The van der Waals surface area contributed by atoms with E-state index in [1.165, 1.54) is 0 Å². The molecule has 0 aromatic carbocycles. The van der Waals surface area contributed by atoms with Gasteiger partial charge in [-0.1, -0.05) is 6.07 Å². The van der Waals surface area contributed by atoms with Crippen LogP contribution in [0.1, 0.15) is 12.6 Å². The normalized spacial score (nSPS) is 30.7. The van der Waals surface area contributed by atoms with Gasteiger partial charge in [0.1, 0.15) is 0 Å². The number of rotatable bonds is 3. The first-order valence-corrected chi connectivity index (χ1v) is 5.13. The Balaban J connectivity index is 2.00. The van der Waals surface area contributed by atoms with E-state index in [1.807, 2.05) is 25.1 Å². The van der Waals surface area contributed by atoms with Gasteiger partial charge in [-0.3, -0.25) is 4.98 Å². The minimum Gasteiger partial charge on any atom is -0.347 e. The van der Waals surface area contributed by atoms with Crippen molar-refractivity contribution in [3.8, 4) is 0 Å². The van der Waals surface area contributed by atoms with Gasteiger partial charge >= 0.3 is 0 Å². The summed E-state index contributed by atoms with van der Waals surface area (Å²) in [6.07, 6.45) is 2.44. The van der Waals surface area contributed by atoms with Gasteiger partial charge in [-0.2, -0.15) is 0 Å². The summed E-state index contributed by atoms with van der Waals surface area (Å²) >= 11 is 0. The van der Waals surface area contributed by atoms with Gasteiger partial charge in [0.15, 0.2) is 5.79 Å². The van der Waals surface area contributed by atoms with Crippen molar-refractivity contribution >= 4 is 0 Å². The molecule has 0 saturated carbocycles. The van der Waals surface area contributed by atoms with E-state index in [9.17, 15) is 0 Å². The number of aromatic nitrogens is 1. The van der Waals surface area contributed by atoms with Crippen molar-refractivity contribution in [3.63, 3.8) is 0 Å².